The van der Waals surface area contributed by atoms with E-state index in [9.17, 15) is 23.5 Å². The van der Waals surface area contributed by atoms with Crippen molar-refractivity contribution in [2.24, 2.45) is 0 Å². The topological polar surface area (TPSA) is 105 Å². The van der Waals surface area contributed by atoms with Gasteiger partial charge in [0, 0.05) is 34.5 Å². The van der Waals surface area contributed by atoms with Gasteiger partial charge in [-0.3, -0.25) is 4.55 Å². The lowest BCUT2D eigenvalue weighted by Gasteiger charge is -2.27. The molecule has 1 aliphatic rings. The number of allylic oxidation sites excluding steroid dienone is 6. The van der Waals surface area contributed by atoms with Gasteiger partial charge in [0.25, 0.3) is 10.1 Å². The molecule has 0 saturated heterocycles. The molecule has 0 unspecified atom stereocenters. The molecule has 0 radical (unpaired) electrons. The second-order valence-corrected chi connectivity index (χ2v) is 11.4. The van der Waals surface area contributed by atoms with Gasteiger partial charge in [0.2, 0.25) is 0 Å². The van der Waals surface area contributed by atoms with Crippen LogP contribution in [0.4, 0.5) is 5.69 Å². The first-order valence-corrected chi connectivity index (χ1v) is 13.9. The molecule has 0 bridgehead atoms. The Morgan fingerprint density at radius 3 is 2.34 bits per heavy atom. The maximum absolute atomic E-state index is 11.4. The molecule has 1 heterocycles. The van der Waals surface area contributed by atoms with Crippen LogP contribution >= 0.6 is 0 Å². The Bertz CT molecular complexity index is 1670. The molecule has 3 aromatic rings. The minimum Gasteiger partial charge on any atom is -0.344 e. The molecule has 0 spiro atoms. The normalized spacial score (nSPS) is 16.6. The fourth-order valence-electron chi connectivity index (χ4n) is 5.25. The quantitative estimate of drug-likeness (QED) is 0.214. The van der Waals surface area contributed by atoms with Crippen molar-refractivity contribution in [1.29, 1.82) is 10.5 Å². The Morgan fingerprint density at radius 1 is 1.00 bits per heavy atom. The number of anilines is 1. The van der Waals surface area contributed by atoms with Crippen molar-refractivity contribution >= 4 is 32.2 Å². The van der Waals surface area contributed by atoms with Crippen LogP contribution in [-0.2, 0) is 15.5 Å². The van der Waals surface area contributed by atoms with Gasteiger partial charge in [-0.1, -0.05) is 74.5 Å². The summed E-state index contributed by atoms with van der Waals surface area (Å²) in [5.74, 6) is -0.346. The molecule has 0 atom stereocenters. The van der Waals surface area contributed by atoms with E-state index in [0.29, 0.717) is 23.3 Å². The molecule has 0 saturated carbocycles. The summed E-state index contributed by atoms with van der Waals surface area (Å²) in [5.41, 5.74) is 4.67. The highest BCUT2D eigenvalue weighted by molar-refractivity contribution is 7.85. The average molecular weight is 524 g/mol. The van der Waals surface area contributed by atoms with Crippen molar-refractivity contribution in [3.8, 4) is 12.1 Å². The average Bonchev–Trinajstić information content (AvgIpc) is 3.11. The molecule has 0 aromatic heterocycles. The summed E-state index contributed by atoms with van der Waals surface area (Å²) in [6.45, 7) is 6.29. The van der Waals surface area contributed by atoms with Crippen LogP contribution in [0.2, 0.25) is 0 Å². The first-order chi connectivity index (χ1) is 18.1. The van der Waals surface area contributed by atoms with Crippen molar-refractivity contribution in [2.45, 2.75) is 32.6 Å². The number of hydrogen-bond acceptors (Lipinski definition) is 5. The van der Waals surface area contributed by atoms with E-state index in [-0.39, 0.29) is 12.2 Å². The molecule has 3 aromatic carbocycles. The van der Waals surface area contributed by atoms with Crippen molar-refractivity contribution in [2.75, 3.05) is 17.2 Å². The monoisotopic (exact) mass is 523 g/mol. The first-order valence-electron chi connectivity index (χ1n) is 12.3. The Hall–Kier alpha value is -4.17. The summed E-state index contributed by atoms with van der Waals surface area (Å²) in [7, 11) is -4.10. The van der Waals surface area contributed by atoms with Gasteiger partial charge in [-0.05, 0) is 53.5 Å². The Balaban J connectivity index is 1.88. The number of nitriles is 2. The van der Waals surface area contributed by atoms with Gasteiger partial charge < -0.3 is 4.90 Å². The van der Waals surface area contributed by atoms with Gasteiger partial charge in [0.05, 0.1) is 23.5 Å². The van der Waals surface area contributed by atoms with E-state index in [0.717, 1.165) is 33.3 Å². The SMILES string of the molecule is C/C(C#N)=C(/C(C#N)=C/C=C1/N(CCCS(=O)(=O)O)c2ccc3ccccc3c2C1(C)C)c1ccccc1. The molecule has 4 rings (SSSR count). The number of benzene rings is 3. The summed E-state index contributed by atoms with van der Waals surface area (Å²) in [5, 5.41) is 22.0. The van der Waals surface area contributed by atoms with Crippen molar-refractivity contribution in [3.63, 3.8) is 0 Å². The van der Waals surface area contributed by atoms with Crippen molar-refractivity contribution in [1.82, 2.24) is 0 Å². The third-order valence-corrected chi connectivity index (χ3v) is 7.75. The van der Waals surface area contributed by atoms with E-state index in [4.69, 9.17) is 0 Å². The summed E-state index contributed by atoms with van der Waals surface area (Å²) in [6, 6.07) is 26.0. The number of nitrogens with zero attached hydrogens (tertiary/aromatic N) is 3. The molecule has 1 aliphatic heterocycles. The number of fused-ring (bicyclic) bond motifs is 3. The molecule has 1 N–H and O–H groups in total. The number of hydrogen-bond donors (Lipinski definition) is 1. The minimum atomic E-state index is -4.10. The molecule has 0 fully saturated rings. The van der Waals surface area contributed by atoms with Gasteiger partial charge in [0.15, 0.2) is 0 Å². The van der Waals surface area contributed by atoms with Gasteiger partial charge in [-0.2, -0.15) is 18.9 Å². The molecule has 38 heavy (non-hydrogen) atoms. The fraction of sp³-hybridized carbons (Fsp3) is 0.226. The van der Waals surface area contributed by atoms with E-state index in [2.05, 4.69) is 43.0 Å². The first kappa shape index (κ1) is 26.9. The van der Waals surface area contributed by atoms with E-state index in [1.54, 1.807) is 13.0 Å². The second kappa shape index (κ2) is 10.7. The van der Waals surface area contributed by atoms with E-state index >= 15 is 0 Å². The van der Waals surface area contributed by atoms with Crippen LogP contribution in [0.3, 0.4) is 0 Å². The Labute approximate surface area is 224 Å². The summed E-state index contributed by atoms with van der Waals surface area (Å²) >= 11 is 0. The molecular formula is C31H29N3O3S. The molecule has 6 nitrogen and oxygen atoms in total. The number of rotatable bonds is 7. The smallest absolute Gasteiger partial charge is 0.264 e. The van der Waals surface area contributed by atoms with Crippen LogP contribution in [-0.4, -0.2) is 25.3 Å². The predicted molar refractivity (Wildman–Crippen MR) is 152 cm³/mol. The van der Waals surface area contributed by atoms with Crippen LogP contribution in [0, 0.1) is 22.7 Å². The molecule has 192 valence electrons. The largest absolute Gasteiger partial charge is 0.344 e. The lowest BCUT2D eigenvalue weighted by Crippen LogP contribution is -2.28. The zero-order valence-corrected chi connectivity index (χ0v) is 22.5. The fourth-order valence-corrected chi connectivity index (χ4v) is 5.75. The highest BCUT2D eigenvalue weighted by Gasteiger charge is 2.41. The Kier molecular flexibility index (Phi) is 7.55. The van der Waals surface area contributed by atoms with E-state index in [1.807, 2.05) is 60.7 Å². The maximum Gasteiger partial charge on any atom is 0.264 e. The molecule has 7 heteroatoms. The van der Waals surface area contributed by atoms with Gasteiger partial charge in [-0.15, -0.1) is 0 Å². The molecular weight excluding hydrogens is 494 g/mol. The zero-order valence-electron chi connectivity index (χ0n) is 21.6. The highest BCUT2D eigenvalue weighted by Crippen LogP contribution is 2.50. The van der Waals surface area contributed by atoms with Gasteiger partial charge in [0.1, 0.15) is 0 Å². The second-order valence-electron chi connectivity index (χ2n) is 9.82. The van der Waals surface area contributed by atoms with Crippen LogP contribution in [0.15, 0.2) is 95.7 Å². The summed E-state index contributed by atoms with van der Waals surface area (Å²) in [4.78, 5) is 2.07. The van der Waals surface area contributed by atoms with Crippen molar-refractivity contribution < 1.29 is 13.0 Å². The van der Waals surface area contributed by atoms with E-state index in [1.165, 1.54) is 0 Å². The van der Waals surface area contributed by atoms with E-state index < -0.39 is 15.5 Å². The maximum atomic E-state index is 11.4. The summed E-state index contributed by atoms with van der Waals surface area (Å²) in [6.07, 6.45) is 3.87. The standard InChI is InChI=1S/C31H29N3O3S/c1-22(20-32)29(24-11-5-4-6-12-24)25(21-33)15-17-28-31(2,3)30-26-13-8-7-10-23(26)14-16-27(30)34(28)18-9-19-38(35,36)37/h4-8,10-17H,9,18-19H2,1-3H3,(H,35,36,37)/b25-15+,28-17+,29-22-. The minimum absolute atomic E-state index is 0.232. The third-order valence-electron chi connectivity index (χ3n) is 6.94. The van der Waals surface area contributed by atoms with Gasteiger partial charge >= 0.3 is 0 Å². The van der Waals surface area contributed by atoms with Crippen molar-refractivity contribution in [3.05, 3.63) is 107 Å². The van der Waals surface area contributed by atoms with Crippen LogP contribution in [0.25, 0.3) is 16.3 Å². The predicted octanol–water partition coefficient (Wildman–Crippen LogP) is 6.55. The Morgan fingerprint density at radius 2 is 1.68 bits per heavy atom. The lowest BCUT2D eigenvalue weighted by atomic mass is 9.81. The third kappa shape index (κ3) is 5.26. The van der Waals surface area contributed by atoms with Gasteiger partial charge in [-0.25, -0.2) is 0 Å². The zero-order chi connectivity index (χ0) is 27.5. The van der Waals surface area contributed by atoms with Crippen LogP contribution in [0.1, 0.15) is 38.3 Å². The lowest BCUT2D eigenvalue weighted by molar-refractivity contribution is 0.481. The molecule has 0 aliphatic carbocycles. The molecule has 0 amide bonds. The highest BCUT2D eigenvalue weighted by atomic mass is 32.2. The summed E-state index contributed by atoms with van der Waals surface area (Å²) < 4.78 is 32.2. The van der Waals surface area contributed by atoms with Crippen LogP contribution < -0.4 is 4.90 Å². The van der Waals surface area contributed by atoms with Crippen LogP contribution in [0.5, 0.6) is 0 Å².